The molecule has 1 aromatic rings. The van der Waals surface area contributed by atoms with Gasteiger partial charge in [-0.2, -0.15) is 0 Å². The van der Waals surface area contributed by atoms with Gasteiger partial charge in [-0.25, -0.2) is 0 Å². The van der Waals surface area contributed by atoms with E-state index in [1.807, 2.05) is 12.1 Å². The van der Waals surface area contributed by atoms with Crippen molar-refractivity contribution in [2.45, 2.75) is 13.3 Å². The number of hydrogen-bond donors (Lipinski definition) is 0. The van der Waals surface area contributed by atoms with E-state index in [1.165, 1.54) is 5.56 Å². The van der Waals surface area contributed by atoms with Crippen molar-refractivity contribution >= 4 is 6.21 Å². The van der Waals surface area contributed by atoms with Crippen LogP contribution >= 0.6 is 0 Å². The van der Waals surface area contributed by atoms with E-state index < -0.39 is 0 Å². The molecule has 0 bridgehead atoms. The summed E-state index contributed by atoms with van der Waals surface area (Å²) in [5.74, 6) is 0. The molecule has 64 valence electrons. The van der Waals surface area contributed by atoms with Crippen LogP contribution in [-0.4, -0.2) is 13.3 Å². The molecule has 0 unspecified atom stereocenters. The third kappa shape index (κ3) is 2.38. The summed E-state index contributed by atoms with van der Waals surface area (Å²) in [6.45, 7) is 2.13. The summed E-state index contributed by atoms with van der Waals surface area (Å²) in [7, 11) is 1.54. The van der Waals surface area contributed by atoms with E-state index in [0.717, 1.165) is 12.0 Å². The molecule has 12 heavy (non-hydrogen) atoms. The quantitative estimate of drug-likeness (QED) is 0.494. The molecule has 0 spiro atoms. The van der Waals surface area contributed by atoms with Crippen LogP contribution in [-0.2, 0) is 11.3 Å². The standard InChI is InChI=1S/C10H13NO/c1-3-9-5-4-6-10(7-9)8-11-12-2/h4-8H,3H2,1-2H3. The summed E-state index contributed by atoms with van der Waals surface area (Å²) in [5, 5.41) is 3.69. The maximum Gasteiger partial charge on any atom is 0.106 e. The van der Waals surface area contributed by atoms with E-state index in [1.54, 1.807) is 13.3 Å². The van der Waals surface area contributed by atoms with Crippen molar-refractivity contribution in [3.63, 3.8) is 0 Å². The number of benzene rings is 1. The Bertz CT molecular complexity index is 268. The molecule has 0 aliphatic heterocycles. The van der Waals surface area contributed by atoms with Gasteiger partial charge in [0.15, 0.2) is 0 Å². The van der Waals surface area contributed by atoms with Crippen LogP contribution in [0.15, 0.2) is 29.4 Å². The Kier molecular flexibility index (Phi) is 3.33. The van der Waals surface area contributed by atoms with Crippen molar-refractivity contribution in [1.29, 1.82) is 0 Å². The van der Waals surface area contributed by atoms with Crippen LogP contribution in [0.5, 0.6) is 0 Å². The fourth-order valence-corrected chi connectivity index (χ4v) is 1.01. The van der Waals surface area contributed by atoms with Gasteiger partial charge >= 0.3 is 0 Å². The Labute approximate surface area is 72.9 Å². The second-order valence-electron chi connectivity index (χ2n) is 2.52. The minimum Gasteiger partial charge on any atom is -0.399 e. The molecule has 1 rings (SSSR count). The number of nitrogens with zero attached hydrogens (tertiary/aromatic N) is 1. The predicted molar refractivity (Wildman–Crippen MR) is 50.4 cm³/mol. The maximum absolute atomic E-state index is 4.59. The van der Waals surface area contributed by atoms with Gasteiger partial charge in [0.25, 0.3) is 0 Å². The van der Waals surface area contributed by atoms with E-state index in [0.29, 0.717) is 0 Å². The molecular formula is C10H13NO. The summed E-state index contributed by atoms with van der Waals surface area (Å²) in [4.78, 5) is 4.59. The molecule has 0 N–H and O–H groups in total. The Morgan fingerprint density at radius 2 is 2.33 bits per heavy atom. The van der Waals surface area contributed by atoms with Crippen LogP contribution in [0.3, 0.4) is 0 Å². The molecule has 0 atom stereocenters. The topological polar surface area (TPSA) is 21.6 Å². The van der Waals surface area contributed by atoms with Gasteiger partial charge in [0.1, 0.15) is 7.11 Å². The highest BCUT2D eigenvalue weighted by Gasteiger charge is 1.90. The number of aryl methyl sites for hydroxylation is 1. The van der Waals surface area contributed by atoms with Gasteiger partial charge in [0, 0.05) is 0 Å². The average molecular weight is 163 g/mol. The molecule has 0 saturated carbocycles. The SMILES string of the molecule is CCc1cccc(C=NOC)c1. The maximum atomic E-state index is 4.59. The lowest BCUT2D eigenvalue weighted by atomic mass is 10.1. The van der Waals surface area contributed by atoms with Crippen molar-refractivity contribution in [3.8, 4) is 0 Å². The largest absolute Gasteiger partial charge is 0.399 e. The van der Waals surface area contributed by atoms with Gasteiger partial charge in [-0.15, -0.1) is 0 Å². The average Bonchev–Trinajstić information content (AvgIpc) is 2.15. The summed E-state index contributed by atoms with van der Waals surface area (Å²) in [6, 6.07) is 8.23. The van der Waals surface area contributed by atoms with Gasteiger partial charge in [-0.05, 0) is 17.5 Å². The summed E-state index contributed by atoms with van der Waals surface area (Å²) >= 11 is 0. The van der Waals surface area contributed by atoms with E-state index >= 15 is 0 Å². The molecule has 0 heterocycles. The van der Waals surface area contributed by atoms with E-state index in [-0.39, 0.29) is 0 Å². The summed E-state index contributed by atoms with van der Waals surface area (Å²) in [6.07, 6.45) is 2.76. The van der Waals surface area contributed by atoms with Gasteiger partial charge in [0.2, 0.25) is 0 Å². The van der Waals surface area contributed by atoms with Gasteiger partial charge in [-0.3, -0.25) is 0 Å². The minimum absolute atomic E-state index is 1.05. The lowest BCUT2D eigenvalue weighted by Crippen LogP contribution is -1.85. The molecule has 0 amide bonds. The third-order valence-corrected chi connectivity index (χ3v) is 1.67. The molecule has 0 saturated heterocycles. The van der Waals surface area contributed by atoms with Gasteiger partial charge < -0.3 is 4.84 Å². The Morgan fingerprint density at radius 1 is 1.50 bits per heavy atom. The second kappa shape index (κ2) is 4.54. The lowest BCUT2D eigenvalue weighted by Gasteiger charge is -1.96. The molecule has 1 aromatic carbocycles. The fraction of sp³-hybridized carbons (Fsp3) is 0.300. The first-order chi connectivity index (χ1) is 5.86. The number of rotatable bonds is 3. The Morgan fingerprint density at radius 3 is 3.00 bits per heavy atom. The van der Waals surface area contributed by atoms with Gasteiger partial charge in [0.05, 0.1) is 6.21 Å². The first kappa shape index (κ1) is 8.78. The zero-order valence-electron chi connectivity index (χ0n) is 7.45. The van der Waals surface area contributed by atoms with E-state index in [9.17, 15) is 0 Å². The van der Waals surface area contributed by atoms with E-state index in [4.69, 9.17) is 0 Å². The molecule has 0 aliphatic rings. The molecule has 0 fully saturated rings. The molecule has 0 aromatic heterocycles. The number of hydrogen-bond acceptors (Lipinski definition) is 2. The highest BCUT2D eigenvalue weighted by Crippen LogP contribution is 2.03. The zero-order chi connectivity index (χ0) is 8.81. The minimum atomic E-state index is 1.05. The second-order valence-corrected chi connectivity index (χ2v) is 2.52. The highest BCUT2D eigenvalue weighted by molar-refractivity contribution is 5.79. The normalized spacial score (nSPS) is 10.5. The van der Waals surface area contributed by atoms with Crippen molar-refractivity contribution in [2.24, 2.45) is 5.16 Å². The van der Waals surface area contributed by atoms with Crippen LogP contribution in [0.1, 0.15) is 18.1 Å². The molecule has 0 aliphatic carbocycles. The van der Waals surface area contributed by atoms with Crippen LogP contribution in [0.2, 0.25) is 0 Å². The van der Waals surface area contributed by atoms with E-state index in [2.05, 4.69) is 29.0 Å². The third-order valence-electron chi connectivity index (χ3n) is 1.67. The molecule has 2 heteroatoms. The van der Waals surface area contributed by atoms with Crippen molar-refractivity contribution in [1.82, 2.24) is 0 Å². The van der Waals surface area contributed by atoms with Crippen LogP contribution in [0.25, 0.3) is 0 Å². The molecule has 0 radical (unpaired) electrons. The highest BCUT2D eigenvalue weighted by atomic mass is 16.6. The van der Waals surface area contributed by atoms with Crippen molar-refractivity contribution in [3.05, 3.63) is 35.4 Å². The smallest absolute Gasteiger partial charge is 0.106 e. The first-order valence-corrected chi connectivity index (χ1v) is 4.02. The first-order valence-electron chi connectivity index (χ1n) is 4.02. The lowest BCUT2D eigenvalue weighted by molar-refractivity contribution is 0.215. The Balaban J connectivity index is 2.79. The van der Waals surface area contributed by atoms with Gasteiger partial charge in [-0.1, -0.05) is 36.3 Å². The summed E-state index contributed by atoms with van der Waals surface area (Å²) in [5.41, 5.74) is 2.39. The number of oxime groups is 1. The Hall–Kier alpha value is -1.31. The monoisotopic (exact) mass is 163 g/mol. The fourth-order valence-electron chi connectivity index (χ4n) is 1.01. The summed E-state index contributed by atoms with van der Waals surface area (Å²) < 4.78 is 0. The zero-order valence-corrected chi connectivity index (χ0v) is 7.45. The van der Waals surface area contributed by atoms with Crippen LogP contribution in [0.4, 0.5) is 0 Å². The van der Waals surface area contributed by atoms with Crippen molar-refractivity contribution in [2.75, 3.05) is 7.11 Å². The molecular weight excluding hydrogens is 150 g/mol. The predicted octanol–water partition coefficient (Wildman–Crippen LogP) is 2.23. The van der Waals surface area contributed by atoms with Crippen LogP contribution < -0.4 is 0 Å². The van der Waals surface area contributed by atoms with Crippen LogP contribution in [0, 0.1) is 0 Å². The van der Waals surface area contributed by atoms with Crippen molar-refractivity contribution < 1.29 is 4.84 Å². The molecule has 2 nitrogen and oxygen atoms in total.